The number of quaternary nitrogens is 1. The minimum atomic E-state index is 0.229. The van der Waals surface area contributed by atoms with Crippen LogP contribution in [0.4, 0.5) is 5.82 Å². The molecule has 4 rings (SSSR count). The topological polar surface area (TPSA) is 45.7 Å². The van der Waals surface area contributed by atoms with Gasteiger partial charge >= 0.3 is 0 Å². The number of piperazine rings is 1. The molecule has 1 fully saturated rings. The van der Waals surface area contributed by atoms with Crippen LogP contribution in [0.3, 0.4) is 0 Å². The van der Waals surface area contributed by atoms with E-state index in [2.05, 4.69) is 68.1 Å². The fraction of sp³-hybridized carbons (Fsp3) is 0.429. The zero-order chi connectivity index (χ0) is 24.3. The smallest absolute Gasteiger partial charge is 0.278 e. The van der Waals surface area contributed by atoms with Crippen molar-refractivity contribution in [1.29, 1.82) is 0 Å². The molecule has 3 heterocycles. The van der Waals surface area contributed by atoms with Crippen molar-refractivity contribution in [2.24, 2.45) is 5.92 Å². The van der Waals surface area contributed by atoms with Crippen LogP contribution in [0.5, 0.6) is 5.75 Å². The lowest BCUT2D eigenvalue weighted by molar-refractivity contribution is -0.863. The van der Waals surface area contributed by atoms with Crippen LogP contribution >= 0.6 is 0 Å². The quantitative estimate of drug-likeness (QED) is 0.607. The number of amides is 1. The van der Waals surface area contributed by atoms with Gasteiger partial charge in [-0.3, -0.25) is 9.28 Å². The Balaban J connectivity index is 1.43. The third kappa shape index (κ3) is 5.17. The van der Waals surface area contributed by atoms with Crippen molar-refractivity contribution in [3.63, 3.8) is 0 Å². The van der Waals surface area contributed by atoms with Crippen molar-refractivity contribution in [2.75, 3.05) is 58.3 Å². The first-order valence-corrected chi connectivity index (χ1v) is 12.2. The molecule has 1 aromatic carbocycles. The van der Waals surface area contributed by atoms with Crippen molar-refractivity contribution in [2.45, 2.75) is 20.8 Å². The van der Waals surface area contributed by atoms with Crippen molar-refractivity contribution in [1.82, 2.24) is 9.88 Å². The molecule has 0 saturated carbocycles. The van der Waals surface area contributed by atoms with Crippen LogP contribution in [0.15, 0.2) is 60.4 Å². The number of benzene rings is 1. The number of allylic oxidation sites excluding steroid dienone is 3. The van der Waals surface area contributed by atoms with E-state index in [-0.39, 0.29) is 5.91 Å². The van der Waals surface area contributed by atoms with Gasteiger partial charge < -0.3 is 14.5 Å². The molecule has 1 unspecified atom stereocenters. The number of carbonyl (C=O) groups is 1. The Hall–Kier alpha value is -3.12. The van der Waals surface area contributed by atoms with E-state index >= 15 is 0 Å². The monoisotopic (exact) mass is 461 g/mol. The Labute approximate surface area is 203 Å². The third-order valence-electron chi connectivity index (χ3n) is 7.00. The van der Waals surface area contributed by atoms with Crippen LogP contribution in [-0.2, 0) is 4.79 Å². The Morgan fingerprint density at radius 3 is 2.44 bits per heavy atom. The van der Waals surface area contributed by atoms with E-state index in [4.69, 9.17) is 4.74 Å². The van der Waals surface area contributed by atoms with Gasteiger partial charge in [-0.15, -0.1) is 0 Å². The van der Waals surface area contributed by atoms with Gasteiger partial charge in [0.2, 0.25) is 0 Å². The number of ether oxygens (including phenoxy) is 1. The molecule has 0 aliphatic carbocycles. The molecular weight excluding hydrogens is 424 g/mol. The highest BCUT2D eigenvalue weighted by atomic mass is 16.5. The second-order valence-corrected chi connectivity index (χ2v) is 9.91. The lowest BCUT2D eigenvalue weighted by atomic mass is 9.95. The van der Waals surface area contributed by atoms with Gasteiger partial charge in [-0.1, -0.05) is 26.0 Å². The molecule has 2 aliphatic heterocycles. The molecule has 1 aromatic heterocycles. The average molecular weight is 462 g/mol. The molecule has 0 spiro atoms. The summed E-state index contributed by atoms with van der Waals surface area (Å²) in [5, 5.41) is 0. The number of aromatic nitrogens is 1. The zero-order valence-electron chi connectivity index (χ0n) is 21.1. The third-order valence-corrected chi connectivity index (χ3v) is 7.00. The highest BCUT2D eigenvalue weighted by Crippen LogP contribution is 2.33. The maximum atomic E-state index is 13.4. The normalized spacial score (nSPS) is 20.8. The number of likely N-dealkylation sites (N-methyl/N-ethyl adjacent to an activating group) is 1. The van der Waals surface area contributed by atoms with Gasteiger partial charge in [0.1, 0.15) is 23.8 Å². The molecule has 1 amide bonds. The predicted octanol–water partition coefficient (Wildman–Crippen LogP) is 4.13. The Morgan fingerprint density at radius 1 is 1.12 bits per heavy atom. The van der Waals surface area contributed by atoms with Gasteiger partial charge in [0.25, 0.3) is 5.91 Å². The highest BCUT2D eigenvalue weighted by Gasteiger charge is 2.36. The largest absolute Gasteiger partial charge is 0.497 e. The van der Waals surface area contributed by atoms with Crippen LogP contribution in [0.2, 0.25) is 0 Å². The number of carbonyl (C=O) groups excluding carboxylic acids is 1. The first-order valence-electron chi connectivity index (χ1n) is 12.2. The van der Waals surface area contributed by atoms with Gasteiger partial charge in [0, 0.05) is 44.4 Å². The lowest BCUT2D eigenvalue weighted by Gasteiger charge is -2.41. The summed E-state index contributed by atoms with van der Waals surface area (Å²) in [7, 11) is 3.88. The summed E-state index contributed by atoms with van der Waals surface area (Å²) in [6, 6.07) is 12.3. The molecule has 1 saturated heterocycles. The van der Waals surface area contributed by atoms with Crippen LogP contribution < -0.4 is 9.64 Å². The van der Waals surface area contributed by atoms with E-state index in [9.17, 15) is 4.79 Å². The SMILES string of the molecule is COc1ccc(C2=CC[N+](C)(CC(=O)N3CCN(c4cc(C)ccn4)CC3)C(C(C)C)=C2)cc1. The maximum absolute atomic E-state index is 13.4. The van der Waals surface area contributed by atoms with E-state index in [1.165, 1.54) is 22.4 Å². The number of nitrogens with zero attached hydrogens (tertiary/aromatic N) is 4. The molecule has 2 aromatic rings. The van der Waals surface area contributed by atoms with Crippen LogP contribution in [0, 0.1) is 12.8 Å². The molecule has 1 atom stereocenters. The molecule has 6 heteroatoms. The lowest BCUT2D eigenvalue weighted by Crippen LogP contribution is -2.56. The van der Waals surface area contributed by atoms with Crippen LogP contribution in [0.1, 0.15) is 25.0 Å². The Kier molecular flexibility index (Phi) is 7.08. The van der Waals surface area contributed by atoms with Gasteiger partial charge in [0.05, 0.1) is 14.2 Å². The summed E-state index contributed by atoms with van der Waals surface area (Å²) in [5.41, 5.74) is 4.90. The number of methoxy groups -OCH3 is 1. The summed E-state index contributed by atoms with van der Waals surface area (Å²) in [6.45, 7) is 10.9. The van der Waals surface area contributed by atoms with Gasteiger partial charge in [-0.05, 0) is 54.0 Å². The number of hydrogen-bond donors (Lipinski definition) is 0. The number of hydrogen-bond acceptors (Lipinski definition) is 4. The fourth-order valence-corrected chi connectivity index (χ4v) is 4.99. The Bertz CT molecular complexity index is 1080. The van der Waals surface area contributed by atoms with Crippen molar-refractivity contribution >= 4 is 17.3 Å². The van der Waals surface area contributed by atoms with Crippen LogP contribution in [-0.4, -0.2) is 73.7 Å². The summed E-state index contributed by atoms with van der Waals surface area (Å²) in [4.78, 5) is 22.2. The van der Waals surface area contributed by atoms with Crippen molar-refractivity contribution in [3.05, 3.63) is 71.6 Å². The van der Waals surface area contributed by atoms with E-state index < -0.39 is 0 Å². The Morgan fingerprint density at radius 2 is 1.82 bits per heavy atom. The van der Waals surface area contributed by atoms with Gasteiger partial charge in [0.15, 0.2) is 6.54 Å². The van der Waals surface area contributed by atoms with Crippen LogP contribution in [0.25, 0.3) is 5.57 Å². The van der Waals surface area contributed by atoms with E-state index in [0.717, 1.165) is 44.3 Å². The molecule has 2 aliphatic rings. The predicted molar refractivity (Wildman–Crippen MR) is 138 cm³/mol. The molecular formula is C28H37N4O2+. The second kappa shape index (κ2) is 10.0. The summed E-state index contributed by atoms with van der Waals surface area (Å²) >= 11 is 0. The first-order chi connectivity index (χ1) is 16.3. The first kappa shape index (κ1) is 24.0. The minimum Gasteiger partial charge on any atom is -0.497 e. The highest BCUT2D eigenvalue weighted by molar-refractivity contribution is 5.79. The minimum absolute atomic E-state index is 0.229. The van der Waals surface area contributed by atoms with E-state index in [1.54, 1.807) is 7.11 Å². The number of rotatable bonds is 6. The summed E-state index contributed by atoms with van der Waals surface area (Å²) in [5.74, 6) is 2.44. The number of pyridine rings is 1. The average Bonchev–Trinajstić information content (AvgIpc) is 2.84. The molecule has 6 nitrogen and oxygen atoms in total. The zero-order valence-corrected chi connectivity index (χ0v) is 21.1. The molecule has 34 heavy (non-hydrogen) atoms. The summed E-state index contributed by atoms with van der Waals surface area (Å²) in [6.07, 6.45) is 6.41. The number of aryl methyl sites for hydroxylation is 1. The van der Waals surface area contributed by atoms with Gasteiger partial charge in [-0.2, -0.15) is 0 Å². The maximum Gasteiger partial charge on any atom is 0.278 e. The van der Waals surface area contributed by atoms with Gasteiger partial charge in [-0.25, -0.2) is 4.98 Å². The second-order valence-electron chi connectivity index (χ2n) is 9.91. The van der Waals surface area contributed by atoms with E-state index in [0.29, 0.717) is 16.9 Å². The molecule has 0 N–H and O–H groups in total. The van der Waals surface area contributed by atoms with E-state index in [1.807, 2.05) is 29.3 Å². The standard InChI is InChI=1S/C28H37N4O2/c1-21(2)26-19-24(23-6-8-25(34-5)9-7-23)11-17-32(26,4)20-28(33)31-15-13-30(14-16-31)27-18-22(3)10-12-29-27/h6-12,18-19,21H,13-17,20H2,1-5H3/q+1. The summed E-state index contributed by atoms with van der Waals surface area (Å²) < 4.78 is 5.94. The fourth-order valence-electron chi connectivity index (χ4n) is 4.99. The molecule has 180 valence electrons. The van der Waals surface area contributed by atoms with Crippen molar-refractivity contribution < 1.29 is 14.0 Å². The number of anilines is 1. The molecule has 0 radical (unpaired) electrons. The molecule has 0 bridgehead atoms. The van der Waals surface area contributed by atoms with Crippen molar-refractivity contribution in [3.8, 4) is 5.75 Å².